The fourth-order valence-electron chi connectivity index (χ4n) is 1.72. The first-order valence-corrected chi connectivity index (χ1v) is 6.04. The third-order valence-electron chi connectivity index (χ3n) is 2.87. The van der Waals surface area contributed by atoms with E-state index in [2.05, 4.69) is 10.1 Å². The van der Waals surface area contributed by atoms with E-state index in [-0.39, 0.29) is 11.9 Å². The maximum Gasteiger partial charge on any atom is 0.322 e. The zero-order chi connectivity index (χ0) is 14.3. The van der Waals surface area contributed by atoms with Gasteiger partial charge in [0.2, 0.25) is 0 Å². The van der Waals surface area contributed by atoms with Gasteiger partial charge in [0.1, 0.15) is 6.04 Å². The molecule has 1 aromatic carbocycles. The van der Waals surface area contributed by atoms with Gasteiger partial charge in [-0.05, 0) is 12.5 Å². The Morgan fingerprint density at radius 2 is 1.68 bits per heavy atom. The van der Waals surface area contributed by atoms with Gasteiger partial charge in [0.15, 0.2) is 0 Å². The van der Waals surface area contributed by atoms with Gasteiger partial charge in [-0.2, -0.15) is 0 Å². The van der Waals surface area contributed by atoms with E-state index in [1.807, 2.05) is 30.3 Å². The molecule has 0 amide bonds. The van der Waals surface area contributed by atoms with Crippen LogP contribution in [-0.2, 0) is 19.1 Å². The van der Waals surface area contributed by atoms with Crippen molar-refractivity contribution in [1.29, 1.82) is 0 Å². The summed E-state index contributed by atoms with van der Waals surface area (Å²) in [5.41, 5.74) is 0.846. The van der Waals surface area contributed by atoms with E-state index in [4.69, 9.17) is 4.74 Å². The lowest BCUT2D eigenvalue weighted by Gasteiger charge is -2.18. The number of ether oxygens (including phenoxy) is 2. The van der Waals surface area contributed by atoms with Crippen molar-refractivity contribution in [1.82, 2.24) is 5.32 Å². The molecule has 19 heavy (non-hydrogen) atoms. The monoisotopic (exact) mass is 265 g/mol. The molecule has 0 aromatic heterocycles. The van der Waals surface area contributed by atoms with Crippen molar-refractivity contribution in [3.05, 3.63) is 35.9 Å². The molecule has 0 spiro atoms. The third kappa shape index (κ3) is 4.37. The van der Waals surface area contributed by atoms with E-state index >= 15 is 0 Å². The number of methoxy groups -OCH3 is 2. The maximum absolute atomic E-state index is 11.8. The first-order valence-electron chi connectivity index (χ1n) is 6.04. The molecule has 0 bridgehead atoms. The lowest BCUT2D eigenvalue weighted by atomic mass is 9.99. The number of carbonyl (C=O) groups is 2. The molecule has 5 heteroatoms. The molecule has 0 saturated heterocycles. The quantitative estimate of drug-likeness (QED) is 0.780. The average Bonchev–Trinajstić information content (AvgIpc) is 2.47. The molecule has 1 N–H and O–H groups in total. The van der Waals surface area contributed by atoms with E-state index in [1.54, 1.807) is 6.92 Å². The van der Waals surface area contributed by atoms with Gasteiger partial charge in [-0.3, -0.25) is 9.59 Å². The van der Waals surface area contributed by atoms with Crippen LogP contribution in [0.1, 0.15) is 18.4 Å². The van der Waals surface area contributed by atoms with Gasteiger partial charge in [0.05, 0.1) is 20.1 Å². The summed E-state index contributed by atoms with van der Waals surface area (Å²) >= 11 is 0. The molecule has 1 rings (SSSR count). The number of carbonyl (C=O) groups excluding carboxylic acids is 2. The Hall–Kier alpha value is -1.88. The molecular weight excluding hydrogens is 246 g/mol. The first kappa shape index (κ1) is 15.2. The average molecular weight is 265 g/mol. The molecule has 2 atom stereocenters. The largest absolute Gasteiger partial charge is 0.469 e. The molecular formula is C14H19NO4. The fraction of sp³-hybridized carbons (Fsp3) is 0.429. The van der Waals surface area contributed by atoms with Gasteiger partial charge >= 0.3 is 11.9 Å². The highest BCUT2D eigenvalue weighted by atomic mass is 16.5. The molecule has 104 valence electrons. The second-order valence-corrected chi connectivity index (χ2v) is 4.14. The maximum atomic E-state index is 11.8. The number of nitrogens with one attached hydrogen (secondary N) is 1. The topological polar surface area (TPSA) is 64.6 Å². The number of hydrogen-bond donors (Lipinski definition) is 1. The summed E-state index contributed by atoms with van der Waals surface area (Å²) in [5.74, 6) is -1.15. The van der Waals surface area contributed by atoms with Crippen molar-refractivity contribution < 1.29 is 19.1 Å². The van der Waals surface area contributed by atoms with Crippen molar-refractivity contribution in [3.63, 3.8) is 0 Å². The van der Waals surface area contributed by atoms with E-state index < -0.39 is 12.0 Å². The number of hydrogen-bond acceptors (Lipinski definition) is 5. The zero-order valence-electron chi connectivity index (χ0n) is 11.4. The smallest absolute Gasteiger partial charge is 0.322 e. The van der Waals surface area contributed by atoms with E-state index in [0.717, 1.165) is 5.56 Å². The van der Waals surface area contributed by atoms with E-state index in [1.165, 1.54) is 14.2 Å². The highest BCUT2D eigenvalue weighted by Crippen LogP contribution is 2.16. The van der Waals surface area contributed by atoms with Gasteiger partial charge in [-0.1, -0.05) is 30.3 Å². The van der Waals surface area contributed by atoms with E-state index in [9.17, 15) is 9.59 Å². The SMILES string of the molecule is COC(=O)C(C)NCC(C(=O)OC)c1ccccc1. The molecule has 5 nitrogen and oxygen atoms in total. The lowest BCUT2D eigenvalue weighted by Crippen LogP contribution is -2.39. The van der Waals surface area contributed by atoms with Crippen LogP contribution in [0.15, 0.2) is 30.3 Å². The van der Waals surface area contributed by atoms with Crippen LogP contribution in [0.25, 0.3) is 0 Å². The second-order valence-electron chi connectivity index (χ2n) is 4.14. The molecule has 0 aliphatic carbocycles. The van der Waals surface area contributed by atoms with Crippen LogP contribution in [0.5, 0.6) is 0 Å². The Balaban J connectivity index is 2.72. The van der Waals surface area contributed by atoms with Gasteiger partial charge < -0.3 is 14.8 Å². The minimum absolute atomic E-state index is 0.312. The van der Waals surface area contributed by atoms with Gasteiger partial charge in [0, 0.05) is 6.54 Å². The predicted molar refractivity (Wildman–Crippen MR) is 70.7 cm³/mol. The first-order chi connectivity index (χ1) is 9.10. The van der Waals surface area contributed by atoms with Crippen LogP contribution < -0.4 is 5.32 Å². The van der Waals surface area contributed by atoms with Crippen LogP contribution in [-0.4, -0.2) is 38.7 Å². The molecule has 0 aliphatic rings. The standard InChI is InChI=1S/C14H19NO4/c1-10(13(16)18-2)15-9-12(14(17)19-3)11-7-5-4-6-8-11/h4-8,10,12,15H,9H2,1-3H3. The van der Waals surface area contributed by atoms with Crippen LogP contribution in [0.2, 0.25) is 0 Å². The number of rotatable bonds is 6. The normalized spacial score (nSPS) is 13.4. The zero-order valence-corrected chi connectivity index (χ0v) is 11.4. The summed E-state index contributed by atoms with van der Waals surface area (Å²) in [6, 6.07) is 8.82. The number of benzene rings is 1. The van der Waals surface area contributed by atoms with Crippen molar-refractivity contribution in [3.8, 4) is 0 Å². The van der Waals surface area contributed by atoms with Crippen molar-refractivity contribution in [2.75, 3.05) is 20.8 Å². The molecule has 0 radical (unpaired) electrons. The Kier molecular flexibility index (Phi) is 6.02. The highest BCUT2D eigenvalue weighted by Gasteiger charge is 2.23. The van der Waals surface area contributed by atoms with Crippen molar-refractivity contribution in [2.45, 2.75) is 18.9 Å². The minimum atomic E-state index is -0.471. The summed E-state index contributed by atoms with van der Waals surface area (Å²) in [6.45, 7) is 2.00. The van der Waals surface area contributed by atoms with Crippen LogP contribution >= 0.6 is 0 Å². The Labute approximate surface area is 112 Å². The van der Waals surface area contributed by atoms with Gasteiger partial charge in [-0.15, -0.1) is 0 Å². The Morgan fingerprint density at radius 3 is 2.21 bits per heavy atom. The van der Waals surface area contributed by atoms with Crippen molar-refractivity contribution >= 4 is 11.9 Å². The van der Waals surface area contributed by atoms with Crippen LogP contribution in [0, 0.1) is 0 Å². The molecule has 1 aromatic rings. The highest BCUT2D eigenvalue weighted by molar-refractivity contribution is 5.79. The molecule has 0 fully saturated rings. The third-order valence-corrected chi connectivity index (χ3v) is 2.87. The molecule has 0 saturated carbocycles. The predicted octanol–water partition coefficient (Wildman–Crippen LogP) is 1.09. The minimum Gasteiger partial charge on any atom is -0.469 e. The summed E-state index contributed by atoms with van der Waals surface area (Å²) in [6.07, 6.45) is 0. The Bertz CT molecular complexity index is 419. The second kappa shape index (κ2) is 7.53. The number of esters is 2. The Morgan fingerprint density at radius 1 is 1.11 bits per heavy atom. The summed E-state index contributed by atoms with van der Waals surface area (Å²) < 4.78 is 9.41. The van der Waals surface area contributed by atoms with Crippen molar-refractivity contribution in [2.24, 2.45) is 0 Å². The molecule has 0 aliphatic heterocycles. The van der Waals surface area contributed by atoms with Crippen LogP contribution in [0.4, 0.5) is 0 Å². The lowest BCUT2D eigenvalue weighted by molar-refractivity contribution is -0.144. The van der Waals surface area contributed by atoms with Gasteiger partial charge in [0.25, 0.3) is 0 Å². The molecule has 0 heterocycles. The van der Waals surface area contributed by atoms with Gasteiger partial charge in [-0.25, -0.2) is 0 Å². The molecule has 2 unspecified atom stereocenters. The summed E-state index contributed by atoms with van der Waals surface area (Å²) in [5, 5.41) is 2.97. The fourth-order valence-corrected chi connectivity index (χ4v) is 1.72. The van der Waals surface area contributed by atoms with Crippen LogP contribution in [0.3, 0.4) is 0 Å². The van der Waals surface area contributed by atoms with E-state index in [0.29, 0.717) is 6.54 Å². The summed E-state index contributed by atoms with van der Waals surface area (Å²) in [7, 11) is 2.68. The summed E-state index contributed by atoms with van der Waals surface area (Å²) in [4.78, 5) is 23.1.